The van der Waals surface area contributed by atoms with E-state index in [1.165, 1.54) is 0 Å². The smallest absolute Gasteiger partial charge is 0.102 e. The van der Waals surface area contributed by atoms with Crippen LogP contribution in [-0.4, -0.2) is 5.71 Å². The molecule has 0 radical (unpaired) electrons. The molecule has 0 aliphatic rings. The third kappa shape index (κ3) is 3.62. The van der Waals surface area contributed by atoms with E-state index in [1.54, 1.807) is 0 Å². The van der Waals surface area contributed by atoms with Gasteiger partial charge in [-0.25, -0.2) is 4.99 Å². The minimum Gasteiger partial charge on any atom is -0.246 e. The van der Waals surface area contributed by atoms with Crippen LogP contribution in [0.25, 0.3) is 0 Å². The lowest BCUT2D eigenvalue weighted by molar-refractivity contribution is 1.44. The van der Waals surface area contributed by atoms with Crippen molar-refractivity contribution in [2.75, 3.05) is 0 Å². The van der Waals surface area contributed by atoms with Gasteiger partial charge >= 0.3 is 0 Å². The van der Waals surface area contributed by atoms with Crippen LogP contribution in [0, 0.1) is 0 Å². The molecular formula is C8H12BrN. The predicted octanol–water partition coefficient (Wildman–Crippen LogP) is 3.28. The van der Waals surface area contributed by atoms with Crippen molar-refractivity contribution in [1.29, 1.82) is 0 Å². The maximum absolute atomic E-state index is 4.19. The fourth-order valence-corrected chi connectivity index (χ4v) is 0.586. The monoisotopic (exact) mass is 201 g/mol. The van der Waals surface area contributed by atoms with E-state index in [-0.39, 0.29) is 0 Å². The van der Waals surface area contributed by atoms with Crippen molar-refractivity contribution in [3.8, 4) is 0 Å². The lowest BCUT2D eigenvalue weighted by atomic mass is 10.2. The Labute approximate surface area is 70.7 Å². The van der Waals surface area contributed by atoms with Gasteiger partial charge in [0.1, 0.15) is 4.61 Å². The third-order valence-corrected chi connectivity index (χ3v) is 1.77. The van der Waals surface area contributed by atoms with Crippen LogP contribution in [0.3, 0.4) is 0 Å². The van der Waals surface area contributed by atoms with Crippen LogP contribution in [-0.2, 0) is 0 Å². The summed E-state index contributed by atoms with van der Waals surface area (Å²) in [4.78, 5) is 4.19. The van der Waals surface area contributed by atoms with E-state index in [0.717, 1.165) is 15.9 Å². The average molecular weight is 202 g/mol. The second kappa shape index (κ2) is 4.45. The highest BCUT2D eigenvalue weighted by molar-refractivity contribution is 9.11. The molecule has 0 heterocycles. The van der Waals surface area contributed by atoms with Gasteiger partial charge in [0.25, 0.3) is 0 Å². The number of aliphatic imine (C=N–C) groups is 1. The fraction of sp³-hybridized carbons (Fsp3) is 0.375. The first-order chi connectivity index (χ1) is 4.57. The van der Waals surface area contributed by atoms with Gasteiger partial charge in [0.2, 0.25) is 0 Å². The average Bonchev–Trinajstić information content (AvgIpc) is 1.87. The van der Waals surface area contributed by atoms with Gasteiger partial charge in [-0.15, -0.1) is 0 Å². The van der Waals surface area contributed by atoms with Crippen molar-refractivity contribution in [2.24, 2.45) is 4.99 Å². The fourth-order valence-electron chi connectivity index (χ4n) is 0.320. The van der Waals surface area contributed by atoms with Gasteiger partial charge in [-0.3, -0.25) is 0 Å². The molecule has 0 bridgehead atoms. The maximum atomic E-state index is 4.19. The molecule has 0 saturated heterocycles. The molecule has 0 aromatic carbocycles. The summed E-state index contributed by atoms with van der Waals surface area (Å²) in [6.07, 6.45) is 1.90. The second-order valence-corrected chi connectivity index (χ2v) is 2.90. The van der Waals surface area contributed by atoms with Crippen molar-refractivity contribution in [1.82, 2.24) is 0 Å². The Morgan fingerprint density at radius 3 is 2.30 bits per heavy atom. The molecule has 0 atom stereocenters. The number of hydrogen-bond donors (Lipinski definition) is 0. The van der Waals surface area contributed by atoms with Crippen LogP contribution in [0.5, 0.6) is 0 Å². The van der Waals surface area contributed by atoms with Gasteiger partial charge in [0, 0.05) is 5.71 Å². The summed E-state index contributed by atoms with van der Waals surface area (Å²) in [5.74, 6) is 0. The first kappa shape index (κ1) is 9.63. The van der Waals surface area contributed by atoms with Gasteiger partial charge in [0.15, 0.2) is 0 Å². The molecule has 0 aliphatic heterocycles. The van der Waals surface area contributed by atoms with Crippen molar-refractivity contribution in [3.63, 3.8) is 0 Å². The Balaban J connectivity index is 4.31. The summed E-state index contributed by atoms with van der Waals surface area (Å²) in [7, 11) is 0. The van der Waals surface area contributed by atoms with Gasteiger partial charge in [-0.05, 0) is 42.3 Å². The summed E-state index contributed by atoms with van der Waals surface area (Å²) in [6.45, 7) is 9.57. The standard InChI is InChI=1S/C8H12BrN/c1-5-8(9)10-7(4)6(2)3/h5H,2H2,1,3-4H3/b8-5-,10-7?. The van der Waals surface area contributed by atoms with E-state index in [0.29, 0.717) is 0 Å². The zero-order valence-electron chi connectivity index (χ0n) is 6.61. The zero-order valence-corrected chi connectivity index (χ0v) is 8.20. The Hall–Kier alpha value is -0.370. The summed E-state index contributed by atoms with van der Waals surface area (Å²) in [5.41, 5.74) is 1.96. The van der Waals surface area contributed by atoms with Crippen LogP contribution < -0.4 is 0 Å². The highest BCUT2D eigenvalue weighted by atomic mass is 79.9. The first-order valence-electron chi connectivity index (χ1n) is 3.11. The molecular weight excluding hydrogens is 190 g/mol. The van der Waals surface area contributed by atoms with E-state index >= 15 is 0 Å². The van der Waals surface area contributed by atoms with Crippen LogP contribution in [0.1, 0.15) is 20.8 Å². The molecule has 0 unspecified atom stereocenters. The summed E-state index contributed by atoms with van der Waals surface area (Å²) in [6, 6.07) is 0. The maximum Gasteiger partial charge on any atom is 0.102 e. The Morgan fingerprint density at radius 1 is 1.50 bits per heavy atom. The van der Waals surface area contributed by atoms with Crippen LogP contribution >= 0.6 is 15.9 Å². The molecule has 0 spiro atoms. The molecule has 56 valence electrons. The molecule has 0 aliphatic carbocycles. The van der Waals surface area contributed by atoms with E-state index in [2.05, 4.69) is 27.5 Å². The number of nitrogens with zero attached hydrogens (tertiary/aromatic N) is 1. The molecule has 0 N–H and O–H groups in total. The number of halogens is 1. The van der Waals surface area contributed by atoms with E-state index in [1.807, 2.05) is 26.8 Å². The van der Waals surface area contributed by atoms with Crippen molar-refractivity contribution in [2.45, 2.75) is 20.8 Å². The largest absolute Gasteiger partial charge is 0.246 e. The summed E-state index contributed by atoms with van der Waals surface area (Å²) >= 11 is 3.28. The minimum absolute atomic E-state index is 0.855. The molecule has 1 nitrogen and oxygen atoms in total. The van der Waals surface area contributed by atoms with Gasteiger partial charge in [0.05, 0.1) is 0 Å². The quantitative estimate of drug-likeness (QED) is 0.481. The van der Waals surface area contributed by atoms with Gasteiger partial charge in [-0.2, -0.15) is 0 Å². The Morgan fingerprint density at radius 2 is 2.00 bits per heavy atom. The highest BCUT2D eigenvalue weighted by Gasteiger charge is 1.90. The molecule has 10 heavy (non-hydrogen) atoms. The molecule has 0 rings (SSSR count). The number of allylic oxidation sites excluding steroid dienone is 2. The van der Waals surface area contributed by atoms with E-state index in [9.17, 15) is 0 Å². The predicted molar refractivity (Wildman–Crippen MR) is 50.6 cm³/mol. The number of rotatable bonds is 2. The van der Waals surface area contributed by atoms with Crippen molar-refractivity contribution in [3.05, 3.63) is 22.8 Å². The topological polar surface area (TPSA) is 12.4 Å². The van der Waals surface area contributed by atoms with E-state index in [4.69, 9.17) is 0 Å². The van der Waals surface area contributed by atoms with Gasteiger partial charge < -0.3 is 0 Å². The van der Waals surface area contributed by atoms with Crippen LogP contribution in [0.15, 0.2) is 27.8 Å². The van der Waals surface area contributed by atoms with Crippen LogP contribution in [0.2, 0.25) is 0 Å². The second-order valence-electron chi connectivity index (χ2n) is 2.09. The van der Waals surface area contributed by atoms with Crippen LogP contribution in [0.4, 0.5) is 0 Å². The van der Waals surface area contributed by atoms with Gasteiger partial charge in [-0.1, -0.05) is 12.7 Å². The zero-order chi connectivity index (χ0) is 8.15. The molecule has 2 heteroatoms. The first-order valence-corrected chi connectivity index (χ1v) is 3.90. The normalized spacial score (nSPS) is 13.6. The SMILES string of the molecule is C=C(C)C(C)=N/C(Br)=C\C. The number of hydrogen-bond acceptors (Lipinski definition) is 1. The van der Waals surface area contributed by atoms with Crippen molar-refractivity contribution >= 4 is 21.6 Å². The minimum atomic E-state index is 0.855. The highest BCUT2D eigenvalue weighted by Crippen LogP contribution is 2.07. The lowest BCUT2D eigenvalue weighted by Crippen LogP contribution is -1.90. The summed E-state index contributed by atoms with van der Waals surface area (Å²) < 4.78 is 0.855. The summed E-state index contributed by atoms with van der Waals surface area (Å²) in [5, 5.41) is 0. The molecule has 0 aromatic heterocycles. The third-order valence-electron chi connectivity index (χ3n) is 1.13. The van der Waals surface area contributed by atoms with Crippen molar-refractivity contribution < 1.29 is 0 Å². The van der Waals surface area contributed by atoms with E-state index < -0.39 is 0 Å². The molecule has 0 aromatic rings. The Bertz CT molecular complexity index is 189. The Kier molecular flexibility index (Phi) is 4.28. The molecule has 0 saturated carbocycles. The molecule has 0 amide bonds. The lowest BCUT2D eigenvalue weighted by Gasteiger charge is -1.95. The molecule has 0 fully saturated rings.